The summed E-state index contributed by atoms with van der Waals surface area (Å²) in [4.78, 5) is 12.7. The van der Waals surface area contributed by atoms with Crippen molar-refractivity contribution in [3.63, 3.8) is 0 Å². The Morgan fingerprint density at radius 3 is 2.50 bits per heavy atom. The van der Waals surface area contributed by atoms with E-state index in [9.17, 15) is 13.2 Å². The Bertz CT molecular complexity index is 1250. The summed E-state index contributed by atoms with van der Waals surface area (Å²) in [7, 11) is -3.77. The molecule has 0 spiro atoms. The summed E-state index contributed by atoms with van der Waals surface area (Å²) in [6.45, 7) is 2.41. The van der Waals surface area contributed by atoms with E-state index in [1.165, 1.54) is 30.3 Å². The lowest BCUT2D eigenvalue weighted by molar-refractivity contribution is 0.0789. The zero-order valence-electron chi connectivity index (χ0n) is 17.2. The summed E-state index contributed by atoms with van der Waals surface area (Å²) in [5.41, 5.74) is 1.44. The zero-order valence-corrected chi connectivity index (χ0v) is 18.7. The highest BCUT2D eigenvalue weighted by Crippen LogP contribution is 2.30. The molecule has 7 nitrogen and oxygen atoms in total. The predicted molar refractivity (Wildman–Crippen MR) is 122 cm³/mol. The normalized spacial score (nSPS) is 15.1. The topological polar surface area (TPSA) is 93.7 Å². The molecule has 0 saturated carbocycles. The second kappa shape index (κ2) is 9.10. The first-order chi connectivity index (χ1) is 15.3. The Morgan fingerprint density at radius 1 is 1.06 bits per heavy atom. The van der Waals surface area contributed by atoms with E-state index in [2.05, 4.69) is 10.0 Å². The van der Waals surface area contributed by atoms with Gasteiger partial charge in [0.1, 0.15) is 12.7 Å². The molecule has 4 rings (SSSR count). The van der Waals surface area contributed by atoms with Crippen molar-refractivity contribution < 1.29 is 22.7 Å². The van der Waals surface area contributed by atoms with E-state index < -0.39 is 15.9 Å². The summed E-state index contributed by atoms with van der Waals surface area (Å²) in [5, 5.41) is 2.90. The molecule has 166 valence electrons. The number of aryl methyl sites for hydroxylation is 1. The number of anilines is 1. The highest BCUT2D eigenvalue weighted by molar-refractivity contribution is 7.92. The van der Waals surface area contributed by atoms with Crippen molar-refractivity contribution in [2.75, 3.05) is 17.9 Å². The fourth-order valence-corrected chi connectivity index (χ4v) is 4.48. The highest BCUT2D eigenvalue weighted by atomic mass is 35.5. The lowest BCUT2D eigenvalue weighted by Gasteiger charge is -2.26. The van der Waals surface area contributed by atoms with Crippen molar-refractivity contribution in [2.45, 2.75) is 17.9 Å². The Balaban J connectivity index is 1.38. The number of para-hydroxylation sites is 2. The number of fused-ring (bicyclic) bond motifs is 1. The third-order valence-corrected chi connectivity index (χ3v) is 6.56. The van der Waals surface area contributed by atoms with Crippen LogP contribution < -0.4 is 19.5 Å². The summed E-state index contributed by atoms with van der Waals surface area (Å²) in [5.74, 6) is 0.897. The van der Waals surface area contributed by atoms with Gasteiger partial charge in [0, 0.05) is 0 Å². The first-order valence-corrected chi connectivity index (χ1v) is 11.7. The largest absolute Gasteiger partial charge is 0.486 e. The van der Waals surface area contributed by atoms with Crippen LogP contribution in [0.3, 0.4) is 0 Å². The van der Waals surface area contributed by atoms with Crippen LogP contribution in [0.15, 0.2) is 71.6 Å². The number of hydrogen-bond acceptors (Lipinski definition) is 5. The average molecular weight is 473 g/mol. The average Bonchev–Trinajstić information content (AvgIpc) is 2.77. The molecule has 9 heteroatoms. The van der Waals surface area contributed by atoms with Crippen molar-refractivity contribution in [3.8, 4) is 11.5 Å². The van der Waals surface area contributed by atoms with Gasteiger partial charge in [0.25, 0.3) is 15.9 Å². The number of sulfonamides is 1. The van der Waals surface area contributed by atoms with Crippen LogP contribution in [0.2, 0.25) is 5.02 Å². The van der Waals surface area contributed by atoms with Crippen molar-refractivity contribution in [2.24, 2.45) is 0 Å². The number of rotatable bonds is 6. The maximum Gasteiger partial charge on any atom is 0.261 e. The number of carbonyl (C=O) groups is 1. The van der Waals surface area contributed by atoms with Gasteiger partial charge in [-0.2, -0.15) is 0 Å². The summed E-state index contributed by atoms with van der Waals surface area (Å²) >= 11 is 6.26. The molecule has 3 aromatic carbocycles. The van der Waals surface area contributed by atoms with Crippen LogP contribution in [-0.2, 0) is 10.0 Å². The minimum atomic E-state index is -3.77. The second-order valence-corrected chi connectivity index (χ2v) is 9.41. The number of nitrogens with one attached hydrogen (secondary N) is 2. The molecule has 0 saturated heterocycles. The van der Waals surface area contributed by atoms with E-state index in [4.69, 9.17) is 21.1 Å². The van der Waals surface area contributed by atoms with Crippen molar-refractivity contribution in [3.05, 3.63) is 82.9 Å². The molecule has 1 atom stereocenters. The fraction of sp³-hybridized carbons (Fsp3) is 0.174. The first kappa shape index (κ1) is 22.0. The number of hydrogen-bond donors (Lipinski definition) is 2. The van der Waals surface area contributed by atoms with Gasteiger partial charge in [0.05, 0.1) is 27.7 Å². The lowest BCUT2D eigenvalue weighted by Crippen LogP contribution is -2.40. The lowest BCUT2D eigenvalue weighted by atomic mass is 10.2. The van der Waals surface area contributed by atoms with Crippen LogP contribution in [-0.4, -0.2) is 33.6 Å². The molecule has 2 N–H and O–H groups in total. The van der Waals surface area contributed by atoms with Crippen LogP contribution >= 0.6 is 11.6 Å². The number of amides is 1. The Kier molecular flexibility index (Phi) is 6.25. The molecule has 0 fully saturated rings. The third kappa shape index (κ3) is 4.98. The number of halogens is 1. The molecule has 1 aliphatic heterocycles. The van der Waals surface area contributed by atoms with Gasteiger partial charge in [-0.15, -0.1) is 0 Å². The van der Waals surface area contributed by atoms with Crippen LogP contribution in [0, 0.1) is 6.92 Å². The molecule has 1 unspecified atom stereocenters. The number of benzene rings is 3. The standard InChI is InChI=1S/C23H21ClN2O5S/c1-15-6-9-18(10-7-15)32(28,29)26-16-8-11-19(20(24)12-16)23(27)25-13-17-14-30-21-4-2-3-5-22(21)31-17/h2-12,17,26H,13-14H2,1H3,(H,25,27). The van der Waals surface area contributed by atoms with E-state index in [1.54, 1.807) is 18.2 Å². The van der Waals surface area contributed by atoms with Crippen LogP contribution in [0.5, 0.6) is 11.5 Å². The number of ether oxygens (including phenoxy) is 2. The van der Waals surface area contributed by atoms with E-state index >= 15 is 0 Å². The summed E-state index contributed by atoms with van der Waals surface area (Å²) in [6.07, 6.45) is -0.340. The maximum atomic E-state index is 12.6. The molecular formula is C23H21ClN2O5S. The minimum absolute atomic E-state index is 0.123. The van der Waals surface area contributed by atoms with Gasteiger partial charge < -0.3 is 14.8 Å². The van der Waals surface area contributed by atoms with Gasteiger partial charge in [-0.1, -0.05) is 41.4 Å². The Hall–Kier alpha value is -3.23. The molecule has 0 bridgehead atoms. The molecule has 3 aromatic rings. The highest BCUT2D eigenvalue weighted by Gasteiger charge is 2.22. The van der Waals surface area contributed by atoms with Gasteiger partial charge in [0.2, 0.25) is 0 Å². The molecular weight excluding hydrogens is 452 g/mol. The van der Waals surface area contributed by atoms with Gasteiger partial charge in [0.15, 0.2) is 11.5 Å². The second-order valence-electron chi connectivity index (χ2n) is 7.32. The van der Waals surface area contributed by atoms with E-state index in [-0.39, 0.29) is 33.8 Å². The summed E-state index contributed by atoms with van der Waals surface area (Å²) in [6, 6.07) is 18.2. The Morgan fingerprint density at radius 2 is 1.78 bits per heavy atom. The third-order valence-electron chi connectivity index (χ3n) is 4.86. The number of carbonyl (C=O) groups excluding carboxylic acids is 1. The van der Waals surface area contributed by atoms with Crippen LogP contribution in [0.1, 0.15) is 15.9 Å². The monoisotopic (exact) mass is 472 g/mol. The zero-order chi connectivity index (χ0) is 22.7. The van der Waals surface area contributed by atoms with E-state index in [0.717, 1.165) is 5.56 Å². The van der Waals surface area contributed by atoms with Gasteiger partial charge in [-0.05, 0) is 49.4 Å². The van der Waals surface area contributed by atoms with Crippen molar-refractivity contribution in [1.29, 1.82) is 0 Å². The van der Waals surface area contributed by atoms with Gasteiger partial charge in [-0.25, -0.2) is 8.42 Å². The van der Waals surface area contributed by atoms with E-state index in [0.29, 0.717) is 18.1 Å². The quantitative estimate of drug-likeness (QED) is 0.565. The molecule has 1 aliphatic rings. The minimum Gasteiger partial charge on any atom is -0.486 e. The fourth-order valence-electron chi connectivity index (χ4n) is 3.16. The van der Waals surface area contributed by atoms with Gasteiger partial charge in [-0.3, -0.25) is 9.52 Å². The predicted octanol–water partition coefficient (Wildman–Crippen LogP) is 4.02. The van der Waals surface area contributed by atoms with Crippen LogP contribution in [0.25, 0.3) is 0 Å². The van der Waals surface area contributed by atoms with Gasteiger partial charge >= 0.3 is 0 Å². The smallest absolute Gasteiger partial charge is 0.261 e. The van der Waals surface area contributed by atoms with Crippen molar-refractivity contribution >= 4 is 33.2 Å². The molecule has 0 aromatic heterocycles. The van der Waals surface area contributed by atoms with Crippen LogP contribution in [0.4, 0.5) is 5.69 Å². The molecule has 32 heavy (non-hydrogen) atoms. The molecule has 1 amide bonds. The van der Waals surface area contributed by atoms with Crippen molar-refractivity contribution in [1.82, 2.24) is 5.32 Å². The molecule has 0 aliphatic carbocycles. The first-order valence-electron chi connectivity index (χ1n) is 9.87. The van der Waals surface area contributed by atoms with E-state index in [1.807, 2.05) is 25.1 Å². The SMILES string of the molecule is Cc1ccc(S(=O)(=O)Nc2ccc(C(=O)NCC3COc4ccccc4O3)c(Cl)c2)cc1. The maximum absolute atomic E-state index is 12.6. The molecule has 1 heterocycles. The Labute approximate surface area is 191 Å². The molecule has 0 radical (unpaired) electrons. The summed E-state index contributed by atoms with van der Waals surface area (Å²) < 4.78 is 39.0.